The van der Waals surface area contributed by atoms with E-state index in [1.54, 1.807) is 10.6 Å². The smallest absolute Gasteiger partial charge is 0.354 e. The average molecular weight is 274 g/mol. The molecule has 2 N–H and O–H groups in total. The highest BCUT2D eigenvalue weighted by Gasteiger charge is 2.20. The minimum absolute atomic E-state index is 0.0320. The molecular formula is C13H11FN4O2. The van der Waals surface area contributed by atoms with E-state index in [9.17, 15) is 9.18 Å². The van der Waals surface area contributed by atoms with Crippen molar-refractivity contribution in [3.8, 4) is 11.5 Å². The number of aromatic carboxylic acids is 1. The van der Waals surface area contributed by atoms with Crippen LogP contribution in [0.2, 0.25) is 0 Å². The molecule has 7 heteroatoms. The van der Waals surface area contributed by atoms with E-state index < -0.39 is 5.97 Å². The molecule has 6 nitrogen and oxygen atoms in total. The number of halogens is 1. The number of hydrogen-bond acceptors (Lipinski definition) is 3. The van der Waals surface area contributed by atoms with Crippen molar-refractivity contribution in [3.63, 3.8) is 0 Å². The number of carboxylic acids is 1. The minimum Gasteiger partial charge on any atom is -0.477 e. The molecule has 0 unspecified atom stereocenters. The fraction of sp³-hybridized carbons (Fsp3) is 0.154. The van der Waals surface area contributed by atoms with Gasteiger partial charge in [0.2, 0.25) is 0 Å². The number of aromatic nitrogens is 4. The Kier molecular flexibility index (Phi) is 2.74. The van der Waals surface area contributed by atoms with Gasteiger partial charge in [0.15, 0.2) is 11.5 Å². The summed E-state index contributed by atoms with van der Waals surface area (Å²) in [5, 5.41) is 9.13. The first-order chi connectivity index (χ1) is 9.61. The Morgan fingerprint density at radius 1 is 1.50 bits per heavy atom. The molecule has 0 radical (unpaired) electrons. The number of hydrogen-bond donors (Lipinski definition) is 2. The predicted octanol–water partition coefficient (Wildman–Crippen LogP) is 2.28. The molecule has 102 valence electrons. The number of imidazole rings is 2. The second-order valence-corrected chi connectivity index (χ2v) is 4.24. The molecule has 0 spiro atoms. The third-order valence-corrected chi connectivity index (χ3v) is 3.09. The molecule has 0 bridgehead atoms. The van der Waals surface area contributed by atoms with E-state index in [2.05, 4.69) is 15.0 Å². The van der Waals surface area contributed by atoms with Gasteiger partial charge in [0, 0.05) is 6.54 Å². The molecule has 3 rings (SSSR count). The summed E-state index contributed by atoms with van der Waals surface area (Å²) in [6.45, 7) is 2.41. The lowest BCUT2D eigenvalue weighted by molar-refractivity contribution is 0.0692. The summed E-state index contributed by atoms with van der Waals surface area (Å²) in [5.41, 5.74) is 1.43. The standard InChI is InChI=1S/C13H11FN4O2/c1-2-18-9-5-7(14)3-4-8(9)17-12(18)10-11(13(19)20)16-6-15-10/h3-6H,2H2,1H3,(H,15,16)(H,19,20). The molecule has 2 heterocycles. The van der Waals surface area contributed by atoms with Crippen LogP contribution in [0.5, 0.6) is 0 Å². The third kappa shape index (κ3) is 1.75. The lowest BCUT2D eigenvalue weighted by Gasteiger charge is -2.04. The molecule has 0 amide bonds. The molecule has 0 saturated heterocycles. The second kappa shape index (κ2) is 4.44. The van der Waals surface area contributed by atoms with Gasteiger partial charge in [-0.15, -0.1) is 0 Å². The molecule has 0 saturated carbocycles. The van der Waals surface area contributed by atoms with Crippen LogP contribution in [0.25, 0.3) is 22.6 Å². The molecule has 1 aromatic carbocycles. The molecule has 20 heavy (non-hydrogen) atoms. The lowest BCUT2D eigenvalue weighted by atomic mass is 10.3. The maximum absolute atomic E-state index is 13.4. The van der Waals surface area contributed by atoms with Crippen LogP contribution in [0.1, 0.15) is 17.4 Å². The van der Waals surface area contributed by atoms with Crippen LogP contribution >= 0.6 is 0 Å². The summed E-state index contributed by atoms with van der Waals surface area (Å²) < 4.78 is 15.1. The Labute approximate surface area is 112 Å². The minimum atomic E-state index is -1.11. The largest absolute Gasteiger partial charge is 0.477 e. The van der Waals surface area contributed by atoms with Crippen molar-refractivity contribution in [2.75, 3.05) is 0 Å². The van der Waals surface area contributed by atoms with E-state index in [1.165, 1.54) is 18.5 Å². The number of fused-ring (bicyclic) bond motifs is 1. The summed E-state index contributed by atoms with van der Waals surface area (Å²) in [4.78, 5) is 22.1. The van der Waals surface area contributed by atoms with Gasteiger partial charge in [0.05, 0.1) is 17.4 Å². The van der Waals surface area contributed by atoms with E-state index in [1.807, 2.05) is 6.92 Å². The highest BCUT2D eigenvalue weighted by atomic mass is 19.1. The number of nitrogens with zero attached hydrogens (tertiary/aromatic N) is 3. The van der Waals surface area contributed by atoms with E-state index in [-0.39, 0.29) is 17.2 Å². The number of nitrogens with one attached hydrogen (secondary N) is 1. The summed E-state index contributed by atoms with van der Waals surface area (Å²) >= 11 is 0. The number of carboxylic acid groups (broad SMARTS) is 1. The highest BCUT2D eigenvalue weighted by Crippen LogP contribution is 2.26. The van der Waals surface area contributed by atoms with Crippen molar-refractivity contribution in [2.45, 2.75) is 13.5 Å². The molecular weight excluding hydrogens is 263 g/mol. The molecule has 0 fully saturated rings. The first-order valence-corrected chi connectivity index (χ1v) is 6.04. The summed E-state index contributed by atoms with van der Waals surface area (Å²) in [7, 11) is 0. The number of carbonyl (C=O) groups is 1. The maximum Gasteiger partial charge on any atom is 0.354 e. The topological polar surface area (TPSA) is 83.8 Å². The van der Waals surface area contributed by atoms with Gasteiger partial charge in [0.25, 0.3) is 0 Å². The normalized spacial score (nSPS) is 11.1. The fourth-order valence-electron chi connectivity index (χ4n) is 2.22. The van der Waals surface area contributed by atoms with Crippen LogP contribution in [-0.4, -0.2) is 30.6 Å². The van der Waals surface area contributed by atoms with Crippen molar-refractivity contribution in [1.29, 1.82) is 0 Å². The number of rotatable bonds is 3. The van der Waals surface area contributed by atoms with Crippen LogP contribution < -0.4 is 0 Å². The zero-order chi connectivity index (χ0) is 14.3. The van der Waals surface area contributed by atoms with E-state index in [0.717, 1.165) is 0 Å². The molecule has 2 aromatic heterocycles. The average Bonchev–Trinajstić information content (AvgIpc) is 3.01. The number of aryl methyl sites for hydroxylation is 1. The van der Waals surface area contributed by atoms with Crippen molar-refractivity contribution in [3.05, 3.63) is 36.0 Å². The third-order valence-electron chi connectivity index (χ3n) is 3.09. The first kappa shape index (κ1) is 12.3. The van der Waals surface area contributed by atoms with Gasteiger partial charge in [-0.2, -0.15) is 0 Å². The second-order valence-electron chi connectivity index (χ2n) is 4.24. The Hall–Kier alpha value is -2.70. The molecule has 0 atom stereocenters. The SMILES string of the molecule is CCn1c(-c2nc[nH]c2C(=O)O)nc2ccc(F)cc21. The van der Waals surface area contributed by atoms with Crippen LogP contribution in [-0.2, 0) is 6.54 Å². The Morgan fingerprint density at radius 3 is 3.00 bits per heavy atom. The Bertz CT molecular complexity index is 806. The van der Waals surface area contributed by atoms with Crippen LogP contribution in [0.3, 0.4) is 0 Å². The van der Waals surface area contributed by atoms with Crippen molar-refractivity contribution >= 4 is 17.0 Å². The fourth-order valence-corrected chi connectivity index (χ4v) is 2.22. The van der Waals surface area contributed by atoms with Crippen molar-refractivity contribution in [2.24, 2.45) is 0 Å². The molecule has 0 aliphatic rings. The lowest BCUT2D eigenvalue weighted by Crippen LogP contribution is -2.04. The summed E-state index contributed by atoms with van der Waals surface area (Å²) in [6, 6.07) is 4.26. The van der Waals surface area contributed by atoms with Crippen LogP contribution in [0, 0.1) is 5.82 Å². The summed E-state index contributed by atoms with van der Waals surface area (Å²) in [5.74, 6) is -1.07. The van der Waals surface area contributed by atoms with E-state index >= 15 is 0 Å². The Morgan fingerprint density at radius 2 is 2.30 bits per heavy atom. The molecule has 0 aliphatic carbocycles. The first-order valence-electron chi connectivity index (χ1n) is 6.04. The maximum atomic E-state index is 13.4. The number of benzene rings is 1. The van der Waals surface area contributed by atoms with Gasteiger partial charge in [0.1, 0.15) is 11.5 Å². The van der Waals surface area contributed by atoms with Gasteiger partial charge in [-0.05, 0) is 25.1 Å². The number of aromatic amines is 1. The van der Waals surface area contributed by atoms with Gasteiger partial charge < -0.3 is 14.7 Å². The van der Waals surface area contributed by atoms with E-state index in [4.69, 9.17) is 5.11 Å². The van der Waals surface area contributed by atoms with Gasteiger partial charge >= 0.3 is 5.97 Å². The predicted molar refractivity (Wildman–Crippen MR) is 69.9 cm³/mol. The Balaban J connectivity index is 2.30. The van der Waals surface area contributed by atoms with Crippen LogP contribution in [0.15, 0.2) is 24.5 Å². The van der Waals surface area contributed by atoms with Crippen molar-refractivity contribution in [1.82, 2.24) is 19.5 Å². The van der Waals surface area contributed by atoms with Gasteiger partial charge in [-0.1, -0.05) is 0 Å². The molecule has 3 aromatic rings. The van der Waals surface area contributed by atoms with Crippen molar-refractivity contribution < 1.29 is 14.3 Å². The highest BCUT2D eigenvalue weighted by molar-refractivity contribution is 5.93. The zero-order valence-corrected chi connectivity index (χ0v) is 10.6. The van der Waals surface area contributed by atoms with E-state index in [0.29, 0.717) is 23.4 Å². The summed E-state index contributed by atoms with van der Waals surface area (Å²) in [6.07, 6.45) is 1.30. The quantitative estimate of drug-likeness (QED) is 0.767. The monoisotopic (exact) mass is 274 g/mol. The van der Waals surface area contributed by atoms with Gasteiger partial charge in [-0.3, -0.25) is 0 Å². The number of H-pyrrole nitrogens is 1. The zero-order valence-electron chi connectivity index (χ0n) is 10.6. The molecule has 0 aliphatic heterocycles. The van der Waals surface area contributed by atoms with Gasteiger partial charge in [-0.25, -0.2) is 19.2 Å². The van der Waals surface area contributed by atoms with Crippen LogP contribution in [0.4, 0.5) is 4.39 Å².